The lowest BCUT2D eigenvalue weighted by Crippen LogP contribution is -2.37. The molecule has 0 fully saturated rings. The van der Waals surface area contributed by atoms with E-state index in [1.165, 1.54) is 205 Å². The first-order chi connectivity index (χ1) is 30.0. The maximum absolute atomic E-state index is 12.7. The van der Waals surface area contributed by atoms with Crippen molar-refractivity contribution in [2.45, 2.75) is 277 Å². The maximum atomic E-state index is 12.7. The molecule has 0 radical (unpaired) electrons. The lowest BCUT2D eigenvalue weighted by atomic mass is 10.0. The van der Waals surface area contributed by atoms with E-state index in [0.717, 1.165) is 32.1 Å². The van der Waals surface area contributed by atoms with Crippen LogP contribution in [-0.2, 0) is 32.7 Å². The Bertz CT molecular complexity index is 1020. The molecule has 0 spiro atoms. The van der Waals surface area contributed by atoms with E-state index in [1.807, 2.05) is 21.1 Å². The fourth-order valence-corrected chi connectivity index (χ4v) is 8.68. The Morgan fingerprint density at radius 2 is 0.726 bits per heavy atom. The summed E-state index contributed by atoms with van der Waals surface area (Å²) in [6, 6.07) is 0. The Balaban J connectivity index is 4.14. The summed E-state index contributed by atoms with van der Waals surface area (Å²) in [5.74, 6) is -0.812. The van der Waals surface area contributed by atoms with E-state index in [9.17, 15) is 19.0 Å². The van der Waals surface area contributed by atoms with E-state index in [-0.39, 0.29) is 32.0 Å². The van der Waals surface area contributed by atoms with Gasteiger partial charge in [-0.3, -0.25) is 14.2 Å². The SMILES string of the molecule is CCCCCCCCCCCCCCCCCCCCCCCCC(=O)OCC(COP(=O)([O-])OCC[N+](C)(C)C)OC(=O)CCCCCCCCCCCCCCCCCC. The van der Waals surface area contributed by atoms with Crippen LogP contribution >= 0.6 is 7.82 Å². The smallest absolute Gasteiger partial charge is 0.306 e. The number of quaternary nitrogens is 1. The highest BCUT2D eigenvalue weighted by Gasteiger charge is 2.21. The molecule has 0 amide bonds. The summed E-state index contributed by atoms with van der Waals surface area (Å²) < 4.78 is 34.1. The molecule has 0 aromatic rings. The van der Waals surface area contributed by atoms with Gasteiger partial charge in [-0.25, -0.2) is 0 Å². The Labute approximate surface area is 384 Å². The molecule has 2 unspecified atom stereocenters. The van der Waals surface area contributed by atoms with Crippen molar-refractivity contribution in [2.24, 2.45) is 0 Å². The molecule has 0 aliphatic rings. The summed E-state index contributed by atoms with van der Waals surface area (Å²) in [7, 11) is 1.19. The van der Waals surface area contributed by atoms with Gasteiger partial charge in [0, 0.05) is 12.8 Å². The van der Waals surface area contributed by atoms with Crippen molar-refractivity contribution in [3.8, 4) is 0 Å². The molecule has 0 saturated heterocycles. The first-order valence-electron chi connectivity index (χ1n) is 26.7. The van der Waals surface area contributed by atoms with Crippen LogP contribution in [0.3, 0.4) is 0 Å². The highest BCUT2D eigenvalue weighted by Crippen LogP contribution is 2.38. The van der Waals surface area contributed by atoms with E-state index < -0.39 is 26.5 Å². The predicted molar refractivity (Wildman–Crippen MR) is 259 cm³/mol. The molecule has 0 aromatic heterocycles. The fourth-order valence-electron chi connectivity index (χ4n) is 7.95. The number of hydrogen-bond donors (Lipinski definition) is 0. The summed E-state index contributed by atoms with van der Waals surface area (Å²) in [4.78, 5) is 37.7. The highest BCUT2D eigenvalue weighted by atomic mass is 31.2. The van der Waals surface area contributed by atoms with Crippen molar-refractivity contribution in [1.82, 2.24) is 0 Å². The van der Waals surface area contributed by atoms with Gasteiger partial charge in [-0.15, -0.1) is 0 Å². The van der Waals surface area contributed by atoms with Gasteiger partial charge < -0.3 is 27.9 Å². The monoisotopic (exact) mass is 902 g/mol. The van der Waals surface area contributed by atoms with Crippen molar-refractivity contribution in [2.75, 3.05) is 47.5 Å². The van der Waals surface area contributed by atoms with Crippen molar-refractivity contribution in [3.05, 3.63) is 0 Å². The molecular weight excluding hydrogens is 798 g/mol. The average molecular weight is 902 g/mol. The second kappa shape index (κ2) is 45.2. The number of hydrogen-bond acceptors (Lipinski definition) is 8. The van der Waals surface area contributed by atoms with E-state index in [0.29, 0.717) is 17.4 Å². The molecule has 2 atom stereocenters. The van der Waals surface area contributed by atoms with Crippen LogP contribution in [0.15, 0.2) is 0 Å². The number of phosphoric ester groups is 1. The molecule has 10 heteroatoms. The number of carbonyl (C=O) groups excluding carboxylic acids is 2. The number of nitrogens with zero attached hydrogens (tertiary/aromatic N) is 1. The summed E-state index contributed by atoms with van der Waals surface area (Å²) >= 11 is 0. The highest BCUT2D eigenvalue weighted by molar-refractivity contribution is 7.45. The molecule has 0 heterocycles. The fraction of sp³-hybridized carbons (Fsp3) is 0.962. The van der Waals surface area contributed by atoms with Crippen LogP contribution in [-0.4, -0.2) is 70.0 Å². The largest absolute Gasteiger partial charge is 0.756 e. The third kappa shape index (κ3) is 48.5. The molecule has 0 rings (SSSR count). The van der Waals surface area contributed by atoms with Gasteiger partial charge in [-0.2, -0.15) is 0 Å². The van der Waals surface area contributed by atoms with Gasteiger partial charge >= 0.3 is 11.9 Å². The zero-order valence-electron chi connectivity index (χ0n) is 41.9. The van der Waals surface area contributed by atoms with E-state index in [2.05, 4.69) is 13.8 Å². The van der Waals surface area contributed by atoms with Crippen LogP contribution < -0.4 is 4.89 Å². The van der Waals surface area contributed by atoms with Gasteiger partial charge in [0.2, 0.25) is 0 Å². The van der Waals surface area contributed by atoms with Gasteiger partial charge in [0.25, 0.3) is 7.82 Å². The van der Waals surface area contributed by atoms with Gasteiger partial charge in [-0.05, 0) is 12.8 Å². The van der Waals surface area contributed by atoms with Gasteiger partial charge in [0.1, 0.15) is 19.8 Å². The van der Waals surface area contributed by atoms with Crippen LogP contribution in [0.25, 0.3) is 0 Å². The Kier molecular flexibility index (Phi) is 44.5. The van der Waals surface area contributed by atoms with Gasteiger partial charge in [0.15, 0.2) is 6.10 Å². The van der Waals surface area contributed by atoms with Crippen molar-refractivity contribution in [1.29, 1.82) is 0 Å². The second-order valence-corrected chi connectivity index (χ2v) is 21.0. The molecule has 0 N–H and O–H groups in total. The molecule has 0 aliphatic carbocycles. The average Bonchev–Trinajstić information content (AvgIpc) is 3.23. The van der Waals surface area contributed by atoms with Crippen molar-refractivity contribution >= 4 is 19.8 Å². The normalized spacial score (nSPS) is 13.3. The maximum Gasteiger partial charge on any atom is 0.306 e. The van der Waals surface area contributed by atoms with Gasteiger partial charge in [0.05, 0.1) is 27.7 Å². The van der Waals surface area contributed by atoms with Crippen molar-refractivity contribution < 1.29 is 42.1 Å². The predicted octanol–water partition coefficient (Wildman–Crippen LogP) is 15.3. The Morgan fingerprint density at radius 1 is 0.435 bits per heavy atom. The number of ether oxygens (including phenoxy) is 2. The Hall–Kier alpha value is -0.990. The summed E-state index contributed by atoms with van der Waals surface area (Å²) in [6.07, 6.45) is 48.5. The topological polar surface area (TPSA) is 111 Å². The number of carbonyl (C=O) groups is 2. The Morgan fingerprint density at radius 3 is 1.03 bits per heavy atom. The molecule has 0 bridgehead atoms. The molecule has 0 saturated carbocycles. The minimum absolute atomic E-state index is 0.0253. The van der Waals surface area contributed by atoms with Gasteiger partial charge in [-0.1, -0.05) is 245 Å². The molecular formula is C52H104NO8P. The number of esters is 2. The third-order valence-electron chi connectivity index (χ3n) is 12.1. The summed E-state index contributed by atoms with van der Waals surface area (Å²) in [5, 5.41) is 0. The van der Waals surface area contributed by atoms with Crippen LogP contribution in [0.1, 0.15) is 271 Å². The van der Waals surface area contributed by atoms with E-state index in [1.54, 1.807) is 0 Å². The first-order valence-corrected chi connectivity index (χ1v) is 28.2. The number of rotatable bonds is 50. The molecule has 0 aliphatic heterocycles. The third-order valence-corrected chi connectivity index (χ3v) is 13.1. The number of likely N-dealkylation sites (N-methyl/N-ethyl adjacent to an activating group) is 1. The lowest BCUT2D eigenvalue weighted by molar-refractivity contribution is -0.870. The first kappa shape index (κ1) is 61.0. The van der Waals surface area contributed by atoms with Crippen LogP contribution in [0.2, 0.25) is 0 Å². The molecule has 9 nitrogen and oxygen atoms in total. The van der Waals surface area contributed by atoms with Crippen LogP contribution in [0.4, 0.5) is 0 Å². The standard InChI is InChI=1S/C52H104NO8P/c1-6-8-10-12-14-16-18-20-22-24-25-26-27-28-29-31-32-34-36-38-40-42-44-51(54)58-48-50(49-60-62(56,57)59-47-46-53(3,4)5)61-52(55)45-43-41-39-37-35-33-30-23-21-19-17-15-13-11-9-7-2/h50H,6-49H2,1-5H3. The van der Waals surface area contributed by atoms with Crippen LogP contribution in [0, 0.1) is 0 Å². The summed E-state index contributed by atoms with van der Waals surface area (Å²) in [6.45, 7) is 4.30. The number of phosphoric acid groups is 1. The minimum Gasteiger partial charge on any atom is -0.756 e. The quantitative estimate of drug-likeness (QED) is 0.0257. The number of unbranched alkanes of at least 4 members (excludes halogenated alkanes) is 36. The second-order valence-electron chi connectivity index (χ2n) is 19.6. The van der Waals surface area contributed by atoms with Crippen LogP contribution in [0.5, 0.6) is 0 Å². The van der Waals surface area contributed by atoms with E-state index >= 15 is 0 Å². The lowest BCUT2D eigenvalue weighted by Gasteiger charge is -2.28. The van der Waals surface area contributed by atoms with E-state index in [4.69, 9.17) is 18.5 Å². The summed E-state index contributed by atoms with van der Waals surface area (Å²) in [5.41, 5.74) is 0. The molecule has 62 heavy (non-hydrogen) atoms. The van der Waals surface area contributed by atoms with Crippen molar-refractivity contribution in [3.63, 3.8) is 0 Å². The minimum atomic E-state index is -4.62. The molecule has 0 aromatic carbocycles. The zero-order valence-corrected chi connectivity index (χ0v) is 42.7. The zero-order chi connectivity index (χ0) is 45.7. The molecule has 370 valence electrons.